The summed E-state index contributed by atoms with van der Waals surface area (Å²) < 4.78 is 1.02. The molecule has 4 rings (SSSR count). The molecule has 1 fully saturated rings. The van der Waals surface area contributed by atoms with E-state index in [4.69, 9.17) is 0 Å². The molecule has 0 bridgehead atoms. The second kappa shape index (κ2) is 9.09. The number of rotatable bonds is 6. The molecule has 0 N–H and O–H groups in total. The fourth-order valence-corrected chi connectivity index (χ4v) is 4.60. The lowest BCUT2D eigenvalue weighted by Gasteiger charge is -2.27. The average Bonchev–Trinajstić information content (AvgIpc) is 3.35. The molecule has 1 saturated heterocycles. The summed E-state index contributed by atoms with van der Waals surface area (Å²) in [6.45, 7) is 0.313. The summed E-state index contributed by atoms with van der Waals surface area (Å²) in [5.41, 5.74) is 1.42. The Balaban J connectivity index is 1.61. The van der Waals surface area contributed by atoms with Crippen molar-refractivity contribution >= 4 is 57.3 Å². The third-order valence-corrected chi connectivity index (χ3v) is 6.59. The van der Waals surface area contributed by atoms with E-state index in [9.17, 15) is 14.4 Å². The molecule has 0 radical (unpaired) electrons. The van der Waals surface area contributed by atoms with E-state index in [0.717, 1.165) is 14.0 Å². The number of nitrogens with zero attached hydrogens (tertiary/aromatic N) is 2. The van der Waals surface area contributed by atoms with Crippen molar-refractivity contribution in [1.82, 2.24) is 4.90 Å². The van der Waals surface area contributed by atoms with Gasteiger partial charge < -0.3 is 4.90 Å². The second-order valence-electron chi connectivity index (χ2n) is 7.03. The number of hydrogen-bond donors (Lipinski definition) is 0. The highest BCUT2D eigenvalue weighted by Crippen LogP contribution is 2.28. The Morgan fingerprint density at radius 2 is 1.77 bits per heavy atom. The number of carbonyl (C=O) groups is 3. The molecule has 0 aliphatic carbocycles. The molecule has 7 heteroatoms. The average molecular weight is 530 g/mol. The third kappa shape index (κ3) is 4.46. The molecule has 0 spiro atoms. The first kappa shape index (κ1) is 20.7. The molecule has 3 amide bonds. The Kier molecular flexibility index (Phi) is 6.29. The molecule has 2 aromatic carbocycles. The van der Waals surface area contributed by atoms with Gasteiger partial charge >= 0.3 is 0 Å². The van der Waals surface area contributed by atoms with Crippen molar-refractivity contribution in [2.24, 2.45) is 0 Å². The zero-order valence-electron chi connectivity index (χ0n) is 16.0. The molecule has 1 atom stereocenters. The van der Waals surface area contributed by atoms with Crippen molar-refractivity contribution in [1.29, 1.82) is 0 Å². The lowest BCUT2D eigenvalue weighted by Crippen LogP contribution is -2.45. The maximum absolute atomic E-state index is 13.2. The Bertz CT molecular complexity index is 1050. The minimum absolute atomic E-state index is 0.00325. The van der Waals surface area contributed by atoms with Crippen molar-refractivity contribution < 1.29 is 14.4 Å². The summed E-state index contributed by atoms with van der Waals surface area (Å²) in [6.07, 6.45) is 0.185. The Morgan fingerprint density at radius 1 is 1.03 bits per heavy atom. The molecule has 1 aliphatic heterocycles. The summed E-state index contributed by atoms with van der Waals surface area (Å²) >= 11 is 3.71. The van der Waals surface area contributed by atoms with E-state index < -0.39 is 6.04 Å². The zero-order chi connectivity index (χ0) is 21.1. The minimum Gasteiger partial charge on any atom is -0.325 e. The highest BCUT2D eigenvalue weighted by Gasteiger charge is 2.44. The first-order valence-corrected chi connectivity index (χ1v) is 11.5. The number of halogens is 1. The van der Waals surface area contributed by atoms with Crippen LogP contribution in [-0.4, -0.2) is 28.7 Å². The molecule has 2 heterocycles. The molecular weight excluding hydrogens is 511 g/mol. The maximum Gasteiger partial charge on any atom is 0.257 e. The number of hydrogen-bond acceptors (Lipinski definition) is 4. The van der Waals surface area contributed by atoms with Gasteiger partial charge in [-0.15, -0.1) is 11.3 Å². The van der Waals surface area contributed by atoms with Gasteiger partial charge in [0.2, 0.25) is 11.8 Å². The highest BCUT2D eigenvalue weighted by molar-refractivity contribution is 14.1. The van der Waals surface area contributed by atoms with Crippen molar-refractivity contribution in [3.05, 3.63) is 86.1 Å². The number of thiophene rings is 1. The standard InChI is InChI=1S/C23H19IN2O3S/c24-17-8-10-18(11-9-17)26-22(28)14-20(23(26)29)25(15-19-7-4-12-30-19)21(27)13-16-5-2-1-3-6-16/h1-12,20H,13-15H2. The highest BCUT2D eigenvalue weighted by atomic mass is 127. The topological polar surface area (TPSA) is 57.7 Å². The predicted octanol–water partition coefficient (Wildman–Crippen LogP) is 4.26. The van der Waals surface area contributed by atoms with Gasteiger partial charge in [-0.25, -0.2) is 4.90 Å². The van der Waals surface area contributed by atoms with E-state index in [1.54, 1.807) is 17.0 Å². The van der Waals surface area contributed by atoms with Gasteiger partial charge in [0.1, 0.15) is 6.04 Å². The van der Waals surface area contributed by atoms with Crippen LogP contribution in [0.4, 0.5) is 5.69 Å². The number of anilines is 1. The summed E-state index contributed by atoms with van der Waals surface area (Å²) in [6, 6.07) is 19.7. The van der Waals surface area contributed by atoms with Gasteiger partial charge in [0.25, 0.3) is 5.91 Å². The SMILES string of the molecule is O=C1CC(N(Cc2cccs2)C(=O)Cc2ccccc2)C(=O)N1c1ccc(I)cc1. The fraction of sp³-hybridized carbons (Fsp3) is 0.174. The number of benzene rings is 2. The lowest BCUT2D eigenvalue weighted by atomic mass is 10.1. The lowest BCUT2D eigenvalue weighted by molar-refractivity contribution is -0.138. The van der Waals surface area contributed by atoms with Crippen LogP contribution in [0.2, 0.25) is 0 Å². The predicted molar refractivity (Wildman–Crippen MR) is 125 cm³/mol. The number of amides is 3. The second-order valence-corrected chi connectivity index (χ2v) is 9.30. The van der Waals surface area contributed by atoms with Crippen LogP contribution in [0.5, 0.6) is 0 Å². The van der Waals surface area contributed by atoms with Crippen LogP contribution in [0.15, 0.2) is 72.1 Å². The van der Waals surface area contributed by atoms with Gasteiger partial charge in [0.05, 0.1) is 25.1 Å². The van der Waals surface area contributed by atoms with Gasteiger partial charge in [-0.3, -0.25) is 14.4 Å². The van der Waals surface area contributed by atoms with Crippen molar-refractivity contribution in [3.63, 3.8) is 0 Å². The van der Waals surface area contributed by atoms with Crippen LogP contribution in [0.3, 0.4) is 0 Å². The molecular formula is C23H19IN2O3S. The Morgan fingerprint density at radius 3 is 2.43 bits per heavy atom. The summed E-state index contributed by atoms with van der Waals surface area (Å²) in [4.78, 5) is 42.9. The van der Waals surface area contributed by atoms with Crippen LogP contribution in [-0.2, 0) is 27.3 Å². The fourth-order valence-electron chi connectivity index (χ4n) is 3.54. The van der Waals surface area contributed by atoms with E-state index >= 15 is 0 Å². The minimum atomic E-state index is -0.796. The summed E-state index contributed by atoms with van der Waals surface area (Å²) in [5, 5.41) is 1.94. The molecule has 1 aromatic heterocycles. The number of carbonyl (C=O) groups excluding carboxylic acids is 3. The molecule has 30 heavy (non-hydrogen) atoms. The van der Waals surface area contributed by atoms with Crippen LogP contribution in [0, 0.1) is 3.57 Å². The molecule has 0 saturated carbocycles. The van der Waals surface area contributed by atoms with Gasteiger partial charge in [-0.1, -0.05) is 36.4 Å². The normalized spacial score (nSPS) is 16.2. The maximum atomic E-state index is 13.2. The van der Waals surface area contributed by atoms with E-state index in [1.165, 1.54) is 16.2 Å². The number of imide groups is 1. The Hall–Kier alpha value is -2.52. The van der Waals surface area contributed by atoms with Crippen molar-refractivity contribution in [2.75, 3.05) is 4.90 Å². The zero-order valence-corrected chi connectivity index (χ0v) is 19.0. The van der Waals surface area contributed by atoms with E-state index in [0.29, 0.717) is 12.2 Å². The molecule has 1 unspecified atom stereocenters. The van der Waals surface area contributed by atoms with Gasteiger partial charge in [0, 0.05) is 8.45 Å². The van der Waals surface area contributed by atoms with Gasteiger partial charge in [-0.05, 0) is 63.9 Å². The van der Waals surface area contributed by atoms with E-state index in [-0.39, 0.29) is 30.6 Å². The van der Waals surface area contributed by atoms with E-state index in [1.807, 2.05) is 60.0 Å². The Labute approximate surface area is 192 Å². The third-order valence-electron chi connectivity index (χ3n) is 5.01. The monoisotopic (exact) mass is 530 g/mol. The van der Waals surface area contributed by atoms with Gasteiger partial charge in [0.15, 0.2) is 0 Å². The quantitative estimate of drug-likeness (QED) is 0.354. The molecule has 3 aromatic rings. The van der Waals surface area contributed by atoms with Crippen molar-refractivity contribution in [3.8, 4) is 0 Å². The smallest absolute Gasteiger partial charge is 0.257 e. The van der Waals surface area contributed by atoms with Gasteiger partial charge in [-0.2, -0.15) is 0 Å². The molecule has 152 valence electrons. The molecule has 1 aliphatic rings. The summed E-state index contributed by atoms with van der Waals surface area (Å²) in [7, 11) is 0. The van der Waals surface area contributed by atoms with Crippen LogP contribution in [0.25, 0.3) is 0 Å². The molecule has 5 nitrogen and oxygen atoms in total. The first-order chi connectivity index (χ1) is 14.5. The summed E-state index contributed by atoms with van der Waals surface area (Å²) in [5.74, 6) is -0.792. The van der Waals surface area contributed by atoms with Crippen LogP contribution < -0.4 is 4.90 Å². The van der Waals surface area contributed by atoms with Crippen molar-refractivity contribution in [2.45, 2.75) is 25.4 Å². The first-order valence-electron chi connectivity index (χ1n) is 9.51. The van der Waals surface area contributed by atoms with Crippen LogP contribution in [0.1, 0.15) is 16.9 Å². The van der Waals surface area contributed by atoms with Crippen LogP contribution >= 0.6 is 33.9 Å². The largest absolute Gasteiger partial charge is 0.325 e. The van der Waals surface area contributed by atoms with E-state index in [2.05, 4.69) is 22.6 Å².